The quantitative estimate of drug-likeness (QED) is 0.697. The fourth-order valence-electron chi connectivity index (χ4n) is 1.54. The van der Waals surface area contributed by atoms with Crippen molar-refractivity contribution in [3.05, 3.63) is 65.2 Å². The summed E-state index contributed by atoms with van der Waals surface area (Å²) in [6.07, 6.45) is 0. The fourth-order valence-corrected chi connectivity index (χ4v) is 2.52. The number of benzene rings is 2. The Balaban J connectivity index is 2.19. The van der Waals surface area contributed by atoms with Crippen molar-refractivity contribution in [2.24, 2.45) is 5.10 Å². The van der Waals surface area contributed by atoms with Gasteiger partial charge in [-0.15, -0.1) is 0 Å². The van der Waals surface area contributed by atoms with Crippen LogP contribution in [0.4, 0.5) is 0 Å². The van der Waals surface area contributed by atoms with E-state index < -0.39 is 10.0 Å². The van der Waals surface area contributed by atoms with Crippen LogP contribution in [0, 0.1) is 0 Å². The summed E-state index contributed by atoms with van der Waals surface area (Å²) in [6.45, 7) is 1.74. The van der Waals surface area contributed by atoms with Gasteiger partial charge in [0.05, 0.1) is 10.6 Å². The molecule has 104 valence electrons. The van der Waals surface area contributed by atoms with Crippen LogP contribution in [-0.2, 0) is 10.0 Å². The molecule has 0 saturated carbocycles. The van der Waals surface area contributed by atoms with Crippen LogP contribution < -0.4 is 4.83 Å². The van der Waals surface area contributed by atoms with Gasteiger partial charge in [0.15, 0.2) is 0 Å². The Kier molecular flexibility index (Phi) is 4.42. The molecule has 6 heteroatoms. The van der Waals surface area contributed by atoms with Crippen molar-refractivity contribution in [3.63, 3.8) is 0 Å². The van der Waals surface area contributed by atoms with E-state index in [1.807, 2.05) is 30.3 Å². The maximum atomic E-state index is 12.0. The van der Waals surface area contributed by atoms with Gasteiger partial charge in [-0.05, 0) is 36.8 Å². The number of halogens is 1. The first-order valence-electron chi connectivity index (χ1n) is 5.86. The van der Waals surface area contributed by atoms with Gasteiger partial charge >= 0.3 is 0 Å². The largest absolute Gasteiger partial charge is 0.276 e. The number of nitrogens with one attached hydrogen (secondary N) is 1. The highest BCUT2D eigenvalue weighted by Gasteiger charge is 2.12. The molecular formula is C14H13ClN2O2S. The minimum absolute atomic E-state index is 0.117. The summed E-state index contributed by atoms with van der Waals surface area (Å²) in [6, 6.07) is 15.2. The molecule has 0 aliphatic carbocycles. The second-order valence-electron chi connectivity index (χ2n) is 4.11. The number of sulfonamides is 1. The van der Waals surface area contributed by atoms with Crippen LogP contribution in [-0.4, -0.2) is 14.1 Å². The Morgan fingerprint density at radius 2 is 1.65 bits per heavy atom. The van der Waals surface area contributed by atoms with Crippen LogP contribution in [0.1, 0.15) is 12.5 Å². The van der Waals surface area contributed by atoms with Crippen molar-refractivity contribution in [1.82, 2.24) is 4.83 Å². The molecule has 2 rings (SSSR count). The molecule has 0 spiro atoms. The van der Waals surface area contributed by atoms with E-state index in [0.29, 0.717) is 10.7 Å². The molecule has 2 aromatic rings. The van der Waals surface area contributed by atoms with E-state index in [2.05, 4.69) is 9.93 Å². The smallest absolute Gasteiger partial charge is 0.200 e. The third kappa shape index (κ3) is 3.59. The molecule has 0 saturated heterocycles. The first-order valence-corrected chi connectivity index (χ1v) is 7.72. The van der Waals surface area contributed by atoms with Crippen LogP contribution in [0.25, 0.3) is 0 Å². The average molecular weight is 309 g/mol. The van der Waals surface area contributed by atoms with Gasteiger partial charge < -0.3 is 0 Å². The lowest BCUT2D eigenvalue weighted by Gasteiger charge is -2.05. The molecule has 0 fully saturated rings. The molecule has 0 aliphatic heterocycles. The summed E-state index contributed by atoms with van der Waals surface area (Å²) in [7, 11) is -3.68. The number of hydrogen-bond acceptors (Lipinski definition) is 3. The molecule has 0 aromatic heterocycles. The third-order valence-electron chi connectivity index (χ3n) is 2.65. The first kappa shape index (κ1) is 14.6. The van der Waals surface area contributed by atoms with E-state index in [-0.39, 0.29) is 4.90 Å². The second kappa shape index (κ2) is 6.07. The molecule has 0 unspecified atom stereocenters. The summed E-state index contributed by atoms with van der Waals surface area (Å²) in [4.78, 5) is 2.33. The van der Waals surface area contributed by atoms with Crippen molar-refractivity contribution in [2.45, 2.75) is 11.8 Å². The predicted molar refractivity (Wildman–Crippen MR) is 80.4 cm³/mol. The van der Waals surface area contributed by atoms with Crippen LogP contribution in [0.2, 0.25) is 5.02 Å². The maximum Gasteiger partial charge on any atom is 0.276 e. The highest BCUT2D eigenvalue weighted by atomic mass is 35.5. The molecule has 4 nitrogen and oxygen atoms in total. The Labute approximate surface area is 123 Å². The van der Waals surface area contributed by atoms with Gasteiger partial charge in [0.25, 0.3) is 10.0 Å². The van der Waals surface area contributed by atoms with E-state index in [1.54, 1.807) is 6.92 Å². The van der Waals surface area contributed by atoms with E-state index >= 15 is 0 Å². The van der Waals surface area contributed by atoms with Gasteiger partial charge in [-0.3, -0.25) is 0 Å². The zero-order chi connectivity index (χ0) is 14.6. The van der Waals surface area contributed by atoms with Gasteiger partial charge in [-0.2, -0.15) is 18.4 Å². The normalized spacial score (nSPS) is 12.2. The minimum atomic E-state index is -3.68. The van der Waals surface area contributed by atoms with Crippen LogP contribution in [0.3, 0.4) is 0 Å². The summed E-state index contributed by atoms with van der Waals surface area (Å²) in [5, 5.41) is 4.39. The van der Waals surface area contributed by atoms with Crippen LogP contribution in [0.15, 0.2) is 64.6 Å². The molecule has 0 heterocycles. The monoisotopic (exact) mass is 308 g/mol. The summed E-state index contributed by atoms with van der Waals surface area (Å²) in [5.74, 6) is 0. The molecular weight excluding hydrogens is 296 g/mol. The van der Waals surface area contributed by atoms with E-state index in [0.717, 1.165) is 5.56 Å². The zero-order valence-electron chi connectivity index (χ0n) is 10.7. The lowest BCUT2D eigenvalue weighted by atomic mass is 10.1. The molecule has 0 aliphatic rings. The number of nitrogens with zero attached hydrogens (tertiary/aromatic N) is 1. The lowest BCUT2D eigenvalue weighted by molar-refractivity contribution is 0.584. The molecule has 2 aromatic carbocycles. The minimum Gasteiger partial charge on any atom is -0.200 e. The van der Waals surface area contributed by atoms with Crippen molar-refractivity contribution in [3.8, 4) is 0 Å². The van der Waals surface area contributed by atoms with Crippen molar-refractivity contribution in [1.29, 1.82) is 0 Å². The zero-order valence-corrected chi connectivity index (χ0v) is 12.3. The summed E-state index contributed by atoms with van der Waals surface area (Å²) < 4.78 is 24.0. The number of hydrogen-bond donors (Lipinski definition) is 1. The highest BCUT2D eigenvalue weighted by molar-refractivity contribution is 7.89. The Morgan fingerprint density at radius 3 is 2.25 bits per heavy atom. The van der Waals surface area contributed by atoms with Crippen molar-refractivity contribution >= 4 is 27.3 Å². The highest BCUT2D eigenvalue weighted by Crippen LogP contribution is 2.13. The van der Waals surface area contributed by atoms with Gasteiger partial charge in [0.2, 0.25) is 0 Å². The molecule has 0 atom stereocenters. The standard InChI is InChI=1S/C14H13ClN2O2S/c1-11(12-5-3-2-4-6-12)16-17-20(18,19)14-9-7-13(15)8-10-14/h2-10,17H,1H3/b16-11+. The van der Waals surface area contributed by atoms with Crippen LogP contribution in [0.5, 0.6) is 0 Å². The average Bonchev–Trinajstić information content (AvgIpc) is 2.46. The van der Waals surface area contributed by atoms with Gasteiger partial charge in [0.1, 0.15) is 0 Å². The summed E-state index contributed by atoms with van der Waals surface area (Å²) in [5.41, 5.74) is 1.44. The van der Waals surface area contributed by atoms with E-state index in [9.17, 15) is 8.42 Å². The lowest BCUT2D eigenvalue weighted by Crippen LogP contribution is -2.19. The van der Waals surface area contributed by atoms with Crippen molar-refractivity contribution in [2.75, 3.05) is 0 Å². The predicted octanol–water partition coefficient (Wildman–Crippen LogP) is 3.04. The topological polar surface area (TPSA) is 58.5 Å². The Bertz CT molecular complexity index is 711. The number of hydrazone groups is 1. The second-order valence-corrected chi connectivity index (χ2v) is 6.21. The molecule has 0 radical (unpaired) electrons. The number of rotatable bonds is 4. The Hall–Kier alpha value is -1.85. The Morgan fingerprint density at radius 1 is 1.05 bits per heavy atom. The SMILES string of the molecule is C/C(=N\NS(=O)(=O)c1ccc(Cl)cc1)c1ccccc1. The van der Waals surface area contributed by atoms with Crippen molar-refractivity contribution < 1.29 is 8.42 Å². The van der Waals surface area contributed by atoms with Gasteiger partial charge in [-0.25, -0.2) is 0 Å². The van der Waals surface area contributed by atoms with Crippen LogP contribution >= 0.6 is 11.6 Å². The van der Waals surface area contributed by atoms with Gasteiger partial charge in [0, 0.05) is 5.02 Å². The third-order valence-corrected chi connectivity index (χ3v) is 4.13. The first-order chi connectivity index (χ1) is 9.49. The molecule has 0 bridgehead atoms. The molecule has 0 amide bonds. The fraction of sp³-hybridized carbons (Fsp3) is 0.0714. The van der Waals surface area contributed by atoms with Gasteiger partial charge in [-0.1, -0.05) is 41.9 Å². The maximum absolute atomic E-state index is 12.0. The van der Waals surface area contributed by atoms with E-state index in [1.165, 1.54) is 24.3 Å². The molecule has 1 N–H and O–H groups in total. The molecule has 20 heavy (non-hydrogen) atoms. The summed E-state index contributed by atoms with van der Waals surface area (Å²) >= 11 is 5.73. The van der Waals surface area contributed by atoms with E-state index in [4.69, 9.17) is 11.6 Å².